The van der Waals surface area contributed by atoms with Crippen LogP contribution < -0.4 is 15.8 Å². The van der Waals surface area contributed by atoms with Gasteiger partial charge in [-0.25, -0.2) is 9.59 Å². The van der Waals surface area contributed by atoms with Gasteiger partial charge in [0.25, 0.3) is 0 Å². The van der Waals surface area contributed by atoms with Crippen molar-refractivity contribution in [2.75, 3.05) is 11.9 Å². The molecule has 1 heterocycles. The largest absolute Gasteiger partial charge is 0.481 e. The van der Waals surface area contributed by atoms with E-state index in [-0.39, 0.29) is 6.61 Å². The molecule has 7 nitrogen and oxygen atoms in total. The van der Waals surface area contributed by atoms with Crippen LogP contribution in [0.25, 0.3) is 10.9 Å². The number of benzene rings is 2. The van der Waals surface area contributed by atoms with Crippen LogP contribution >= 0.6 is 15.9 Å². The van der Waals surface area contributed by atoms with Gasteiger partial charge >= 0.3 is 12.0 Å². The predicted octanol–water partition coefficient (Wildman–Crippen LogP) is 5.23. The number of nitrogens with two attached hydrogens (primary N) is 1. The minimum atomic E-state index is -0.665. The predicted molar refractivity (Wildman–Crippen MR) is 129 cm³/mol. The first kappa shape index (κ1) is 23.7. The number of ether oxygens (including phenoxy) is 2. The molecule has 0 radical (unpaired) electrons. The molecule has 8 heteroatoms. The lowest BCUT2D eigenvalue weighted by atomic mass is 10.2. The van der Waals surface area contributed by atoms with E-state index in [2.05, 4.69) is 25.8 Å². The third kappa shape index (κ3) is 5.43. The normalized spacial score (nSPS) is 11.4. The Morgan fingerprint density at radius 1 is 1.12 bits per heavy atom. The van der Waals surface area contributed by atoms with Crippen LogP contribution in [0.1, 0.15) is 39.0 Å². The number of rotatable bonds is 7. The molecule has 3 rings (SSSR count). The van der Waals surface area contributed by atoms with Crippen LogP contribution in [0.2, 0.25) is 0 Å². The number of fused-ring (bicyclic) bond motifs is 1. The first-order valence-electron chi connectivity index (χ1n) is 10.4. The summed E-state index contributed by atoms with van der Waals surface area (Å²) in [5, 5.41) is 3.46. The summed E-state index contributed by atoms with van der Waals surface area (Å²) in [5.41, 5.74) is 8.32. The summed E-state index contributed by atoms with van der Waals surface area (Å²) in [5.74, 6) is -0.0000335. The maximum absolute atomic E-state index is 12.2. The molecule has 0 saturated heterocycles. The lowest BCUT2D eigenvalue weighted by Gasteiger charge is -2.19. The van der Waals surface area contributed by atoms with Crippen molar-refractivity contribution in [3.05, 3.63) is 58.2 Å². The summed E-state index contributed by atoms with van der Waals surface area (Å²) in [6.07, 6.45) is 0.653. The first-order valence-corrected chi connectivity index (χ1v) is 11.2. The monoisotopic (exact) mass is 501 g/mol. The van der Waals surface area contributed by atoms with Gasteiger partial charge < -0.3 is 25.1 Å². The van der Waals surface area contributed by atoms with Crippen LogP contribution in [0, 0.1) is 0 Å². The summed E-state index contributed by atoms with van der Waals surface area (Å²) < 4.78 is 14.3. The number of amides is 2. The molecule has 0 aliphatic carbocycles. The average Bonchev–Trinajstić information content (AvgIpc) is 2.99. The van der Waals surface area contributed by atoms with Crippen LogP contribution in [0.5, 0.6) is 5.75 Å². The zero-order valence-electron chi connectivity index (χ0n) is 18.7. The molecular formula is C24H28BrN3O4. The van der Waals surface area contributed by atoms with Gasteiger partial charge in [-0.2, -0.15) is 0 Å². The molecule has 0 atom stereocenters. The van der Waals surface area contributed by atoms with Crippen LogP contribution in [0.3, 0.4) is 0 Å². The minimum Gasteiger partial charge on any atom is -0.481 e. The molecule has 0 aliphatic rings. The fourth-order valence-corrected chi connectivity index (χ4v) is 4.06. The van der Waals surface area contributed by atoms with E-state index in [1.54, 1.807) is 26.8 Å². The number of nitrogens with zero attached hydrogens (tertiary/aromatic N) is 1. The SMILES string of the molecule is CCc1c(NC(N)=O)c2c(OCC(=O)OC(C)(C)C)cccc2n1Cc1ccccc1Br. The number of carbonyl (C=O) groups excluding carboxylic acids is 2. The highest BCUT2D eigenvalue weighted by Crippen LogP contribution is 2.39. The van der Waals surface area contributed by atoms with Crippen molar-refractivity contribution < 1.29 is 19.1 Å². The summed E-state index contributed by atoms with van der Waals surface area (Å²) in [4.78, 5) is 24.0. The molecule has 0 bridgehead atoms. The molecular weight excluding hydrogens is 474 g/mol. The number of aromatic nitrogens is 1. The number of hydrogen-bond donors (Lipinski definition) is 2. The summed E-state index contributed by atoms with van der Waals surface area (Å²) >= 11 is 3.61. The standard InChI is InChI=1S/C24H28BrN3O4/c1-5-17-22(27-23(26)30)21-18(28(17)13-15-9-6-7-10-16(15)25)11-8-12-19(21)31-14-20(29)32-24(2,3)4/h6-12H,5,13-14H2,1-4H3,(H3,26,27,30). The minimum absolute atomic E-state index is 0.247. The number of esters is 1. The summed E-state index contributed by atoms with van der Waals surface area (Å²) in [7, 11) is 0. The number of nitrogens with one attached hydrogen (secondary N) is 1. The first-order chi connectivity index (χ1) is 15.1. The van der Waals surface area contributed by atoms with Crippen LogP contribution in [0.15, 0.2) is 46.9 Å². The fraction of sp³-hybridized carbons (Fsp3) is 0.333. The van der Waals surface area contributed by atoms with Gasteiger partial charge in [-0.15, -0.1) is 0 Å². The molecule has 170 valence electrons. The Morgan fingerprint density at radius 2 is 1.84 bits per heavy atom. The Hall–Kier alpha value is -3.00. The quantitative estimate of drug-likeness (QED) is 0.433. The van der Waals surface area contributed by atoms with Gasteiger partial charge in [0.2, 0.25) is 0 Å². The molecule has 0 spiro atoms. The third-order valence-electron chi connectivity index (χ3n) is 4.79. The van der Waals surface area contributed by atoms with E-state index in [0.29, 0.717) is 29.8 Å². The average molecular weight is 502 g/mol. The molecule has 0 saturated carbocycles. The number of hydrogen-bond acceptors (Lipinski definition) is 4. The Morgan fingerprint density at radius 3 is 2.47 bits per heavy atom. The second-order valence-corrected chi connectivity index (χ2v) is 9.22. The molecule has 32 heavy (non-hydrogen) atoms. The van der Waals surface area contributed by atoms with Gasteiger partial charge in [-0.3, -0.25) is 0 Å². The van der Waals surface area contributed by atoms with Crippen molar-refractivity contribution in [3.63, 3.8) is 0 Å². The highest BCUT2D eigenvalue weighted by atomic mass is 79.9. The number of primary amides is 1. The Bertz CT molecular complexity index is 1150. The van der Waals surface area contributed by atoms with E-state index in [9.17, 15) is 9.59 Å². The molecule has 2 aromatic carbocycles. The van der Waals surface area contributed by atoms with Crippen molar-refractivity contribution in [1.82, 2.24) is 4.57 Å². The topological polar surface area (TPSA) is 95.6 Å². The Labute approximate surface area is 196 Å². The number of carbonyl (C=O) groups is 2. The lowest BCUT2D eigenvalue weighted by molar-refractivity contribution is -0.157. The van der Waals surface area contributed by atoms with Crippen molar-refractivity contribution in [2.24, 2.45) is 5.73 Å². The van der Waals surface area contributed by atoms with Crippen molar-refractivity contribution in [1.29, 1.82) is 0 Å². The van der Waals surface area contributed by atoms with Crippen LogP contribution in [-0.4, -0.2) is 28.8 Å². The van der Waals surface area contributed by atoms with Gasteiger partial charge in [0.15, 0.2) is 6.61 Å². The Balaban J connectivity index is 2.08. The second kappa shape index (κ2) is 9.65. The van der Waals surface area contributed by atoms with Gasteiger partial charge in [0, 0.05) is 16.7 Å². The summed E-state index contributed by atoms with van der Waals surface area (Å²) in [6, 6.07) is 12.9. The maximum Gasteiger partial charge on any atom is 0.344 e. The van der Waals surface area contributed by atoms with Crippen LogP contribution in [0.4, 0.5) is 10.5 Å². The fourth-order valence-electron chi connectivity index (χ4n) is 3.65. The van der Waals surface area contributed by atoms with Gasteiger partial charge in [-0.1, -0.05) is 47.1 Å². The zero-order chi connectivity index (χ0) is 23.5. The Kier molecular flexibility index (Phi) is 7.13. The highest BCUT2D eigenvalue weighted by Gasteiger charge is 2.22. The maximum atomic E-state index is 12.2. The molecule has 0 unspecified atom stereocenters. The van der Waals surface area contributed by atoms with E-state index in [4.69, 9.17) is 15.2 Å². The summed E-state index contributed by atoms with van der Waals surface area (Å²) in [6.45, 7) is 7.75. The molecule has 2 amide bonds. The second-order valence-electron chi connectivity index (χ2n) is 8.37. The van der Waals surface area contributed by atoms with Gasteiger partial charge in [-0.05, 0) is 51.0 Å². The number of urea groups is 1. The lowest BCUT2D eigenvalue weighted by Crippen LogP contribution is -2.27. The highest BCUT2D eigenvalue weighted by molar-refractivity contribution is 9.10. The smallest absolute Gasteiger partial charge is 0.344 e. The molecule has 3 aromatic rings. The van der Waals surface area contributed by atoms with Gasteiger partial charge in [0.05, 0.1) is 16.6 Å². The van der Waals surface area contributed by atoms with Gasteiger partial charge in [0.1, 0.15) is 11.4 Å². The van der Waals surface area contributed by atoms with E-state index in [0.717, 1.165) is 21.2 Å². The van der Waals surface area contributed by atoms with E-state index in [1.807, 2.05) is 43.3 Å². The number of anilines is 1. The molecule has 0 fully saturated rings. The third-order valence-corrected chi connectivity index (χ3v) is 5.57. The van der Waals surface area contributed by atoms with E-state index < -0.39 is 17.6 Å². The van der Waals surface area contributed by atoms with Crippen LogP contribution in [-0.2, 0) is 22.5 Å². The molecule has 0 aliphatic heterocycles. The molecule has 1 aromatic heterocycles. The zero-order valence-corrected chi connectivity index (χ0v) is 20.3. The van der Waals surface area contributed by atoms with Crippen molar-refractivity contribution >= 4 is 44.5 Å². The van der Waals surface area contributed by atoms with Crippen molar-refractivity contribution in [3.8, 4) is 5.75 Å². The van der Waals surface area contributed by atoms with E-state index in [1.165, 1.54) is 0 Å². The number of halogens is 1. The van der Waals surface area contributed by atoms with E-state index >= 15 is 0 Å². The van der Waals surface area contributed by atoms with Crippen molar-refractivity contribution in [2.45, 2.75) is 46.3 Å². The molecule has 3 N–H and O–H groups in total.